The van der Waals surface area contributed by atoms with Crippen molar-refractivity contribution in [2.24, 2.45) is 0 Å². The van der Waals surface area contributed by atoms with Gasteiger partial charge in [-0.25, -0.2) is 4.98 Å². The number of nitrogens with one attached hydrogen (secondary N) is 2. The Labute approximate surface area is 163 Å². The largest absolute Gasteiger partial charge is 0.484 e. The van der Waals surface area contributed by atoms with Crippen molar-refractivity contribution in [3.8, 4) is 5.75 Å². The first kappa shape index (κ1) is 18.7. The molecule has 0 spiro atoms. The summed E-state index contributed by atoms with van der Waals surface area (Å²) in [5.74, 6) is 0.775. The maximum Gasteiger partial charge on any atom is 0.263 e. The van der Waals surface area contributed by atoms with Gasteiger partial charge in [-0.1, -0.05) is 35.9 Å². The number of nitrogens with zero attached hydrogens (tertiary/aromatic N) is 1. The molecular weight excluding hydrogens is 362 g/mol. The standard InChI is InChI=1S/C21H20ClN3O2/c1-15-4-2-3-5-16(15)12-23-18-8-11-20(24-13-18)25-21(26)14-27-19-9-6-17(22)7-10-19/h2-11,13,23H,12,14H2,1H3,(H,24,25,26). The van der Waals surface area contributed by atoms with E-state index in [1.54, 1.807) is 36.5 Å². The van der Waals surface area contributed by atoms with Crippen LogP contribution in [0, 0.1) is 6.92 Å². The Kier molecular flexibility index (Phi) is 6.28. The number of benzene rings is 2. The molecule has 2 aromatic carbocycles. The predicted octanol–water partition coefficient (Wildman–Crippen LogP) is 4.67. The topological polar surface area (TPSA) is 63.2 Å². The normalized spacial score (nSPS) is 10.3. The molecule has 0 saturated carbocycles. The highest BCUT2D eigenvalue weighted by molar-refractivity contribution is 6.30. The van der Waals surface area contributed by atoms with E-state index in [-0.39, 0.29) is 12.5 Å². The second kappa shape index (κ2) is 9.05. The second-order valence-corrected chi connectivity index (χ2v) is 6.44. The maximum absolute atomic E-state index is 12.0. The summed E-state index contributed by atoms with van der Waals surface area (Å²) >= 11 is 5.81. The lowest BCUT2D eigenvalue weighted by Crippen LogP contribution is -2.20. The first-order valence-electron chi connectivity index (χ1n) is 8.53. The van der Waals surface area contributed by atoms with Gasteiger partial charge in [0.2, 0.25) is 0 Å². The average Bonchev–Trinajstić information content (AvgIpc) is 2.68. The van der Waals surface area contributed by atoms with Crippen molar-refractivity contribution in [3.63, 3.8) is 0 Å². The van der Waals surface area contributed by atoms with Crippen molar-refractivity contribution in [2.75, 3.05) is 17.2 Å². The van der Waals surface area contributed by atoms with E-state index in [0.717, 1.165) is 12.2 Å². The average molecular weight is 382 g/mol. The molecule has 0 aliphatic rings. The van der Waals surface area contributed by atoms with E-state index < -0.39 is 0 Å². The van der Waals surface area contributed by atoms with Crippen molar-refractivity contribution in [1.29, 1.82) is 0 Å². The predicted molar refractivity (Wildman–Crippen MR) is 108 cm³/mol. The van der Waals surface area contributed by atoms with Crippen molar-refractivity contribution >= 4 is 29.0 Å². The zero-order valence-electron chi connectivity index (χ0n) is 14.9. The van der Waals surface area contributed by atoms with E-state index in [1.165, 1.54) is 11.1 Å². The summed E-state index contributed by atoms with van der Waals surface area (Å²) in [6, 6.07) is 18.7. The van der Waals surface area contributed by atoms with Gasteiger partial charge >= 0.3 is 0 Å². The van der Waals surface area contributed by atoms with Gasteiger partial charge in [-0.15, -0.1) is 0 Å². The SMILES string of the molecule is Cc1ccccc1CNc1ccc(NC(=O)COc2ccc(Cl)cc2)nc1. The highest BCUT2D eigenvalue weighted by atomic mass is 35.5. The Morgan fingerprint density at radius 3 is 2.56 bits per heavy atom. The van der Waals surface area contributed by atoms with E-state index in [4.69, 9.17) is 16.3 Å². The lowest BCUT2D eigenvalue weighted by molar-refractivity contribution is -0.118. The number of carbonyl (C=O) groups excluding carboxylic acids is 1. The number of halogens is 1. The zero-order chi connectivity index (χ0) is 19.1. The van der Waals surface area contributed by atoms with Crippen LogP contribution in [0.3, 0.4) is 0 Å². The number of pyridine rings is 1. The first-order valence-corrected chi connectivity index (χ1v) is 8.90. The summed E-state index contributed by atoms with van der Waals surface area (Å²) in [6.07, 6.45) is 1.69. The van der Waals surface area contributed by atoms with Gasteiger partial charge in [0.15, 0.2) is 6.61 Å². The van der Waals surface area contributed by atoms with Crippen LogP contribution < -0.4 is 15.4 Å². The number of ether oxygens (including phenoxy) is 1. The van der Waals surface area contributed by atoms with Crippen LogP contribution in [0.1, 0.15) is 11.1 Å². The molecule has 0 aliphatic heterocycles. The van der Waals surface area contributed by atoms with E-state index in [0.29, 0.717) is 16.6 Å². The fourth-order valence-corrected chi connectivity index (χ4v) is 2.56. The van der Waals surface area contributed by atoms with Crippen LogP contribution in [0.4, 0.5) is 11.5 Å². The third kappa shape index (κ3) is 5.72. The zero-order valence-corrected chi connectivity index (χ0v) is 15.7. The molecule has 0 fully saturated rings. The number of hydrogen-bond donors (Lipinski definition) is 2. The molecule has 0 radical (unpaired) electrons. The van der Waals surface area contributed by atoms with Gasteiger partial charge in [0.25, 0.3) is 5.91 Å². The molecule has 0 atom stereocenters. The molecule has 1 heterocycles. The first-order chi connectivity index (χ1) is 13.1. The van der Waals surface area contributed by atoms with Crippen LogP contribution >= 0.6 is 11.6 Å². The maximum atomic E-state index is 12.0. The molecule has 0 aliphatic carbocycles. The van der Waals surface area contributed by atoms with Gasteiger partial charge in [0.05, 0.1) is 11.9 Å². The number of anilines is 2. The van der Waals surface area contributed by atoms with Gasteiger partial charge in [0, 0.05) is 11.6 Å². The highest BCUT2D eigenvalue weighted by Gasteiger charge is 2.05. The van der Waals surface area contributed by atoms with Gasteiger partial charge in [-0.2, -0.15) is 0 Å². The summed E-state index contributed by atoms with van der Waals surface area (Å²) in [7, 11) is 0. The smallest absolute Gasteiger partial charge is 0.263 e. The third-order valence-electron chi connectivity index (χ3n) is 3.96. The Balaban J connectivity index is 1.47. The van der Waals surface area contributed by atoms with E-state index in [1.807, 2.05) is 18.2 Å². The minimum atomic E-state index is -0.280. The van der Waals surface area contributed by atoms with Crippen LogP contribution in [-0.2, 0) is 11.3 Å². The lowest BCUT2D eigenvalue weighted by Gasteiger charge is -2.10. The highest BCUT2D eigenvalue weighted by Crippen LogP contribution is 2.16. The van der Waals surface area contributed by atoms with Crippen molar-refractivity contribution < 1.29 is 9.53 Å². The Morgan fingerprint density at radius 2 is 1.85 bits per heavy atom. The fraction of sp³-hybridized carbons (Fsp3) is 0.143. The van der Waals surface area contributed by atoms with E-state index in [2.05, 4.69) is 34.7 Å². The Bertz CT molecular complexity index is 896. The van der Waals surface area contributed by atoms with Crippen LogP contribution in [-0.4, -0.2) is 17.5 Å². The molecule has 0 saturated heterocycles. The van der Waals surface area contributed by atoms with Crippen molar-refractivity contribution in [2.45, 2.75) is 13.5 Å². The number of carbonyl (C=O) groups is 1. The second-order valence-electron chi connectivity index (χ2n) is 6.00. The number of rotatable bonds is 7. The van der Waals surface area contributed by atoms with E-state index in [9.17, 15) is 4.79 Å². The minimum Gasteiger partial charge on any atom is -0.484 e. The van der Waals surface area contributed by atoms with Crippen molar-refractivity contribution in [1.82, 2.24) is 4.98 Å². The molecule has 5 nitrogen and oxygen atoms in total. The van der Waals surface area contributed by atoms with Crippen LogP contribution in [0.2, 0.25) is 5.02 Å². The molecule has 27 heavy (non-hydrogen) atoms. The monoisotopic (exact) mass is 381 g/mol. The molecule has 6 heteroatoms. The van der Waals surface area contributed by atoms with Gasteiger partial charge in [-0.3, -0.25) is 4.79 Å². The molecule has 3 aromatic rings. The summed E-state index contributed by atoms with van der Waals surface area (Å²) in [5.41, 5.74) is 3.35. The van der Waals surface area contributed by atoms with E-state index >= 15 is 0 Å². The Hall–Kier alpha value is -3.05. The number of aromatic nitrogens is 1. The van der Waals surface area contributed by atoms with Crippen molar-refractivity contribution in [3.05, 3.63) is 83.0 Å². The molecule has 2 N–H and O–H groups in total. The van der Waals surface area contributed by atoms with Gasteiger partial charge in [0.1, 0.15) is 11.6 Å². The molecule has 0 unspecified atom stereocenters. The number of hydrogen-bond acceptors (Lipinski definition) is 4. The Morgan fingerprint density at radius 1 is 1.07 bits per heavy atom. The summed E-state index contributed by atoms with van der Waals surface area (Å²) < 4.78 is 5.41. The molecule has 1 amide bonds. The molecule has 3 rings (SSSR count). The van der Waals surface area contributed by atoms with Gasteiger partial charge < -0.3 is 15.4 Å². The quantitative estimate of drug-likeness (QED) is 0.624. The fourth-order valence-electron chi connectivity index (χ4n) is 2.44. The summed E-state index contributed by atoms with van der Waals surface area (Å²) in [6.45, 7) is 2.70. The molecular formula is C21H20ClN3O2. The lowest BCUT2D eigenvalue weighted by atomic mass is 10.1. The molecule has 1 aromatic heterocycles. The summed E-state index contributed by atoms with van der Waals surface area (Å²) in [4.78, 5) is 16.2. The van der Waals surface area contributed by atoms with Crippen LogP contribution in [0.25, 0.3) is 0 Å². The van der Waals surface area contributed by atoms with Crippen LogP contribution in [0.15, 0.2) is 66.9 Å². The number of aryl methyl sites for hydroxylation is 1. The number of amides is 1. The summed E-state index contributed by atoms with van der Waals surface area (Å²) in [5, 5.41) is 6.65. The van der Waals surface area contributed by atoms with Crippen LogP contribution in [0.5, 0.6) is 5.75 Å². The third-order valence-corrected chi connectivity index (χ3v) is 4.21. The van der Waals surface area contributed by atoms with Gasteiger partial charge in [-0.05, 0) is 54.4 Å². The molecule has 138 valence electrons. The molecule has 0 bridgehead atoms. The minimum absolute atomic E-state index is 0.101.